The summed E-state index contributed by atoms with van der Waals surface area (Å²) in [4.78, 5) is -0.410. The van der Waals surface area contributed by atoms with E-state index < -0.39 is 49.3 Å². The van der Waals surface area contributed by atoms with Gasteiger partial charge in [0.2, 0.25) is 0 Å². The summed E-state index contributed by atoms with van der Waals surface area (Å²) in [7, 11) is -1.99. The van der Waals surface area contributed by atoms with Gasteiger partial charge in [0.25, 0.3) is 10.0 Å². The van der Waals surface area contributed by atoms with Crippen LogP contribution in [0, 0.1) is 0 Å². The Hall–Kier alpha value is -2.61. The van der Waals surface area contributed by atoms with Crippen LogP contribution in [-0.2, 0) is 22.4 Å². The molecule has 0 unspecified atom stereocenters. The molecule has 2 rings (SSSR count). The number of hydrogen-bond acceptors (Lipinski definition) is 5. The van der Waals surface area contributed by atoms with Crippen LogP contribution in [0.1, 0.15) is 11.1 Å². The number of alkyl halides is 6. The third-order valence-corrected chi connectivity index (χ3v) is 5.88. The number of sulfonamides is 1. The van der Waals surface area contributed by atoms with Crippen molar-refractivity contribution in [1.82, 2.24) is 0 Å². The standard InChI is InChI=1S/C18H16F6N2O4S2/c1-29-13-4-5-14(30-2)15(9-13)32(27,28)26-16(31-3)25-12-7-10(17(19,20)21)6-11(8-12)18(22,23)24/h4-9H,1-3H3,(H,25,26). The molecule has 0 spiro atoms. The normalized spacial score (nSPS) is 13.1. The Labute approximate surface area is 183 Å². The Morgan fingerprint density at radius 2 is 1.50 bits per heavy atom. The molecule has 0 aliphatic heterocycles. The molecule has 0 heterocycles. The molecule has 14 heteroatoms. The number of amidine groups is 1. The molecule has 2 aromatic rings. The number of nitrogens with zero attached hydrogens (tertiary/aromatic N) is 1. The van der Waals surface area contributed by atoms with E-state index in [1.165, 1.54) is 32.6 Å². The van der Waals surface area contributed by atoms with Crippen LogP contribution in [0.25, 0.3) is 0 Å². The smallest absolute Gasteiger partial charge is 0.416 e. The van der Waals surface area contributed by atoms with Gasteiger partial charge in [-0.25, -0.2) is 0 Å². The second kappa shape index (κ2) is 9.48. The second-order valence-electron chi connectivity index (χ2n) is 6.01. The molecule has 0 bridgehead atoms. The minimum absolute atomic E-state index is 0.0427. The first-order valence-corrected chi connectivity index (χ1v) is 11.0. The number of ether oxygens (including phenoxy) is 2. The Morgan fingerprint density at radius 1 is 0.938 bits per heavy atom. The summed E-state index contributed by atoms with van der Waals surface area (Å²) in [5.41, 5.74) is -3.77. The van der Waals surface area contributed by atoms with Crippen molar-refractivity contribution in [2.24, 2.45) is 4.40 Å². The minimum Gasteiger partial charge on any atom is -0.497 e. The summed E-state index contributed by atoms with van der Waals surface area (Å²) in [6.45, 7) is 0. The summed E-state index contributed by atoms with van der Waals surface area (Å²) in [6, 6.07) is 4.63. The maximum atomic E-state index is 13.1. The van der Waals surface area contributed by atoms with Crippen LogP contribution >= 0.6 is 11.8 Å². The average Bonchev–Trinajstić information content (AvgIpc) is 2.71. The van der Waals surface area contributed by atoms with Gasteiger partial charge in [-0.1, -0.05) is 11.8 Å². The quantitative estimate of drug-likeness (QED) is 0.342. The van der Waals surface area contributed by atoms with Gasteiger partial charge in [0.05, 0.1) is 25.3 Å². The van der Waals surface area contributed by atoms with Gasteiger partial charge in [0.1, 0.15) is 16.4 Å². The summed E-state index contributed by atoms with van der Waals surface area (Å²) >= 11 is 0.662. The summed E-state index contributed by atoms with van der Waals surface area (Å²) < 4.78 is 117. The monoisotopic (exact) mass is 502 g/mol. The van der Waals surface area contributed by atoms with E-state index in [2.05, 4.69) is 9.71 Å². The van der Waals surface area contributed by atoms with E-state index in [0.29, 0.717) is 23.9 Å². The van der Waals surface area contributed by atoms with Crippen molar-refractivity contribution < 1.29 is 44.2 Å². The highest BCUT2D eigenvalue weighted by molar-refractivity contribution is 8.14. The Balaban J connectivity index is 2.54. The molecule has 1 N–H and O–H groups in total. The maximum Gasteiger partial charge on any atom is 0.416 e. The molecule has 0 aliphatic carbocycles. The molecule has 0 amide bonds. The third-order valence-electron chi connectivity index (χ3n) is 3.88. The molecule has 6 nitrogen and oxygen atoms in total. The van der Waals surface area contributed by atoms with Gasteiger partial charge in [-0.3, -0.25) is 0 Å². The molecule has 176 valence electrons. The molecule has 0 aromatic heterocycles. The average molecular weight is 502 g/mol. The van der Waals surface area contributed by atoms with Crippen molar-refractivity contribution in [3.63, 3.8) is 0 Å². The van der Waals surface area contributed by atoms with E-state index in [4.69, 9.17) is 9.47 Å². The van der Waals surface area contributed by atoms with Crippen LogP contribution in [0.15, 0.2) is 45.7 Å². The van der Waals surface area contributed by atoms with Crippen LogP contribution < -0.4 is 14.8 Å². The Bertz CT molecular complexity index is 1080. The summed E-state index contributed by atoms with van der Waals surface area (Å²) in [5, 5.41) is 1.74. The zero-order valence-electron chi connectivity index (χ0n) is 16.6. The van der Waals surface area contributed by atoms with Crippen LogP contribution in [0.4, 0.5) is 32.0 Å². The summed E-state index contributed by atoms with van der Waals surface area (Å²) in [6.07, 6.45) is -8.79. The molecule has 32 heavy (non-hydrogen) atoms. The predicted molar refractivity (Wildman–Crippen MR) is 108 cm³/mol. The van der Waals surface area contributed by atoms with Crippen molar-refractivity contribution in [3.8, 4) is 11.5 Å². The lowest BCUT2D eigenvalue weighted by Crippen LogP contribution is -2.15. The van der Waals surface area contributed by atoms with Crippen molar-refractivity contribution in [3.05, 3.63) is 47.5 Å². The predicted octanol–water partition coefficient (Wildman–Crippen LogP) is 5.26. The van der Waals surface area contributed by atoms with Gasteiger partial charge >= 0.3 is 12.4 Å². The Morgan fingerprint density at radius 3 is 1.94 bits per heavy atom. The molecular formula is C18H16F6N2O4S2. The lowest BCUT2D eigenvalue weighted by molar-refractivity contribution is -0.143. The molecule has 0 saturated heterocycles. The first-order chi connectivity index (χ1) is 14.7. The number of hydrogen-bond donors (Lipinski definition) is 1. The highest BCUT2D eigenvalue weighted by atomic mass is 32.2. The number of anilines is 1. The van der Waals surface area contributed by atoms with Gasteiger partial charge in [0, 0.05) is 11.8 Å². The van der Waals surface area contributed by atoms with Gasteiger partial charge in [0.15, 0.2) is 5.17 Å². The highest BCUT2D eigenvalue weighted by Crippen LogP contribution is 2.38. The lowest BCUT2D eigenvalue weighted by Gasteiger charge is -2.15. The first kappa shape index (κ1) is 25.6. The largest absolute Gasteiger partial charge is 0.497 e. The van der Waals surface area contributed by atoms with E-state index in [9.17, 15) is 34.8 Å². The number of benzene rings is 2. The van der Waals surface area contributed by atoms with Gasteiger partial charge in [-0.15, -0.1) is 4.40 Å². The fraction of sp³-hybridized carbons (Fsp3) is 0.278. The van der Waals surface area contributed by atoms with E-state index in [1.54, 1.807) is 0 Å². The number of nitrogens with one attached hydrogen (secondary N) is 1. The van der Waals surface area contributed by atoms with Gasteiger partial charge in [-0.05, 0) is 36.6 Å². The van der Waals surface area contributed by atoms with Crippen LogP contribution in [0.5, 0.6) is 11.5 Å². The van der Waals surface area contributed by atoms with Crippen LogP contribution in [0.2, 0.25) is 0 Å². The SMILES string of the molecule is COc1ccc(OC)c(S(=O)(=O)/N=C(\Nc2cc(C(F)(F)F)cc(C(F)(F)F)c2)SC)c1. The van der Waals surface area contributed by atoms with Crippen molar-refractivity contribution in [2.45, 2.75) is 17.2 Å². The zero-order chi connectivity index (χ0) is 24.3. The number of methoxy groups -OCH3 is 2. The molecule has 0 aliphatic rings. The number of halogens is 6. The molecule has 2 aromatic carbocycles. The van der Waals surface area contributed by atoms with E-state index >= 15 is 0 Å². The van der Waals surface area contributed by atoms with Crippen molar-refractivity contribution in [2.75, 3.05) is 25.8 Å². The van der Waals surface area contributed by atoms with E-state index in [0.717, 1.165) is 6.07 Å². The van der Waals surface area contributed by atoms with Crippen molar-refractivity contribution in [1.29, 1.82) is 0 Å². The summed E-state index contributed by atoms with van der Waals surface area (Å²) in [5.74, 6) is 0.0689. The Kier molecular flexibility index (Phi) is 7.60. The maximum absolute atomic E-state index is 13.1. The van der Waals surface area contributed by atoms with Gasteiger partial charge in [-0.2, -0.15) is 34.8 Å². The van der Waals surface area contributed by atoms with E-state index in [1.807, 2.05) is 0 Å². The zero-order valence-corrected chi connectivity index (χ0v) is 18.3. The third kappa shape index (κ3) is 6.22. The first-order valence-electron chi connectivity index (χ1n) is 8.38. The van der Waals surface area contributed by atoms with Crippen molar-refractivity contribution >= 4 is 32.6 Å². The van der Waals surface area contributed by atoms with Crippen LogP contribution in [0.3, 0.4) is 0 Å². The molecule has 0 fully saturated rings. The molecule has 0 atom stereocenters. The van der Waals surface area contributed by atoms with Crippen LogP contribution in [-0.4, -0.2) is 34.1 Å². The number of thioether (sulfide) groups is 1. The van der Waals surface area contributed by atoms with Gasteiger partial charge < -0.3 is 14.8 Å². The second-order valence-corrected chi connectivity index (χ2v) is 8.38. The molecule has 0 saturated carbocycles. The minimum atomic E-state index is -5.06. The number of rotatable bonds is 5. The molecule has 0 radical (unpaired) electrons. The highest BCUT2D eigenvalue weighted by Gasteiger charge is 2.37. The van der Waals surface area contributed by atoms with E-state index in [-0.39, 0.29) is 17.6 Å². The fourth-order valence-electron chi connectivity index (χ4n) is 2.41. The lowest BCUT2D eigenvalue weighted by atomic mass is 10.1. The fourth-order valence-corrected chi connectivity index (χ4v) is 4.25. The molecular weight excluding hydrogens is 486 g/mol. The topological polar surface area (TPSA) is 77.0 Å².